The van der Waals surface area contributed by atoms with E-state index in [4.69, 9.17) is 0 Å². The van der Waals surface area contributed by atoms with Crippen molar-refractivity contribution in [3.05, 3.63) is 36.4 Å². The summed E-state index contributed by atoms with van der Waals surface area (Å²) in [5.41, 5.74) is 1.14. The Morgan fingerprint density at radius 3 is 2.68 bits per heavy atom. The zero-order valence-electron chi connectivity index (χ0n) is 13.1. The molecule has 0 aliphatic rings. The van der Waals surface area contributed by atoms with Crippen LogP contribution in [0.4, 0.5) is 0 Å². The van der Waals surface area contributed by atoms with Gasteiger partial charge in [0.2, 0.25) is 0 Å². The van der Waals surface area contributed by atoms with Gasteiger partial charge in [0.1, 0.15) is 0 Å². The molecule has 0 amide bonds. The number of aliphatic imine (C=N–C) groups is 1. The van der Waals surface area contributed by atoms with Crippen molar-refractivity contribution in [2.75, 3.05) is 13.1 Å². The molecule has 0 aromatic carbocycles. The van der Waals surface area contributed by atoms with Gasteiger partial charge in [-0.3, -0.25) is 0 Å². The topological polar surface area (TPSA) is 49.3 Å². The quantitative estimate of drug-likeness (QED) is 0.571. The molecule has 120 valence electrons. The molecule has 2 N–H and O–H groups in total. The summed E-state index contributed by atoms with van der Waals surface area (Å²) in [6.45, 7) is 8.65. The van der Waals surface area contributed by atoms with E-state index in [0.29, 0.717) is 6.54 Å². The van der Waals surface area contributed by atoms with Crippen LogP contribution in [0.15, 0.2) is 20.9 Å². The van der Waals surface area contributed by atoms with Gasteiger partial charge in [-0.1, -0.05) is 0 Å². The largest absolute Gasteiger partial charge is 0.357 e. The van der Waals surface area contributed by atoms with Crippen LogP contribution < -0.4 is 10.6 Å². The van der Waals surface area contributed by atoms with E-state index in [1.165, 1.54) is 14.8 Å². The first kappa shape index (κ1) is 17.4. The second-order valence-electron chi connectivity index (χ2n) is 4.83. The number of nitrogens with one attached hydrogen (secondary N) is 2. The van der Waals surface area contributed by atoms with Gasteiger partial charge in [0, 0.05) is 29.3 Å². The Labute approximate surface area is 148 Å². The fourth-order valence-corrected chi connectivity index (χ4v) is 4.21. The highest BCUT2D eigenvalue weighted by atomic mass is 79.9. The molecule has 2 aromatic heterocycles. The molecule has 0 fully saturated rings. The van der Waals surface area contributed by atoms with Crippen molar-refractivity contribution in [1.82, 2.24) is 15.6 Å². The zero-order chi connectivity index (χ0) is 15.9. The van der Waals surface area contributed by atoms with E-state index in [9.17, 15) is 0 Å². The number of thiophene rings is 1. The van der Waals surface area contributed by atoms with Gasteiger partial charge in [-0.2, -0.15) is 0 Å². The van der Waals surface area contributed by atoms with Crippen LogP contribution in [0.25, 0.3) is 0 Å². The average Bonchev–Trinajstić information content (AvgIpc) is 3.03. The summed E-state index contributed by atoms with van der Waals surface area (Å²) in [5, 5.41) is 7.83. The predicted molar refractivity (Wildman–Crippen MR) is 100 cm³/mol. The standard InChI is InChI=1S/C15H21BrN4S2/c1-4-17-15(19-9-12-5-6-13(16)22-12)18-8-7-14-20-10(2)11(3)21-14/h5-6H,4,7-9H2,1-3H3,(H2,17,18,19). The maximum absolute atomic E-state index is 4.62. The number of halogens is 1. The van der Waals surface area contributed by atoms with Crippen LogP contribution >= 0.6 is 38.6 Å². The Hall–Kier alpha value is -0.920. The third-order valence-electron chi connectivity index (χ3n) is 3.07. The molecule has 0 saturated carbocycles. The lowest BCUT2D eigenvalue weighted by Gasteiger charge is -2.10. The first-order valence-electron chi connectivity index (χ1n) is 7.27. The number of guanidine groups is 1. The van der Waals surface area contributed by atoms with E-state index >= 15 is 0 Å². The second kappa shape index (κ2) is 8.64. The number of aromatic nitrogens is 1. The minimum Gasteiger partial charge on any atom is -0.357 e. The molecule has 7 heteroatoms. The zero-order valence-corrected chi connectivity index (χ0v) is 16.3. The molecule has 0 radical (unpaired) electrons. The van der Waals surface area contributed by atoms with Gasteiger partial charge in [0.15, 0.2) is 5.96 Å². The van der Waals surface area contributed by atoms with Crippen LogP contribution in [0.3, 0.4) is 0 Å². The summed E-state index contributed by atoms with van der Waals surface area (Å²) in [7, 11) is 0. The second-order valence-corrected chi connectivity index (χ2v) is 8.66. The van der Waals surface area contributed by atoms with Crippen LogP contribution in [-0.2, 0) is 13.0 Å². The van der Waals surface area contributed by atoms with Crippen LogP contribution in [0.5, 0.6) is 0 Å². The number of thiazole rings is 1. The van der Waals surface area contributed by atoms with Gasteiger partial charge in [0.25, 0.3) is 0 Å². The molecule has 0 bridgehead atoms. The highest BCUT2D eigenvalue weighted by Crippen LogP contribution is 2.22. The van der Waals surface area contributed by atoms with Gasteiger partial charge in [-0.25, -0.2) is 9.98 Å². The minimum absolute atomic E-state index is 0.696. The smallest absolute Gasteiger partial charge is 0.191 e. The predicted octanol–water partition coefficient (Wildman–Crippen LogP) is 3.88. The fraction of sp³-hybridized carbons (Fsp3) is 0.467. The van der Waals surface area contributed by atoms with Crippen LogP contribution in [-0.4, -0.2) is 24.0 Å². The molecule has 2 aromatic rings. The molecule has 0 aliphatic carbocycles. The van der Waals surface area contributed by atoms with E-state index in [1.54, 1.807) is 22.7 Å². The molecule has 0 aliphatic heterocycles. The van der Waals surface area contributed by atoms with Crippen molar-refractivity contribution in [2.45, 2.75) is 33.7 Å². The normalized spacial score (nSPS) is 11.7. The number of rotatable bonds is 6. The lowest BCUT2D eigenvalue weighted by molar-refractivity contribution is 0.796. The molecule has 0 saturated heterocycles. The molecule has 0 atom stereocenters. The molecule has 2 rings (SSSR count). The van der Waals surface area contributed by atoms with Crippen molar-refractivity contribution in [2.24, 2.45) is 4.99 Å². The van der Waals surface area contributed by atoms with Gasteiger partial charge >= 0.3 is 0 Å². The van der Waals surface area contributed by atoms with E-state index < -0.39 is 0 Å². The molecular formula is C15H21BrN4S2. The van der Waals surface area contributed by atoms with Crippen molar-refractivity contribution in [1.29, 1.82) is 0 Å². The fourth-order valence-electron chi connectivity index (χ4n) is 1.87. The molecule has 22 heavy (non-hydrogen) atoms. The van der Waals surface area contributed by atoms with Gasteiger partial charge in [-0.05, 0) is 48.8 Å². The minimum atomic E-state index is 0.696. The van der Waals surface area contributed by atoms with E-state index in [2.05, 4.69) is 69.4 Å². The number of aryl methyl sites for hydroxylation is 2. The average molecular weight is 401 g/mol. The number of nitrogens with zero attached hydrogens (tertiary/aromatic N) is 2. The van der Waals surface area contributed by atoms with Gasteiger partial charge < -0.3 is 10.6 Å². The summed E-state index contributed by atoms with van der Waals surface area (Å²) in [4.78, 5) is 11.7. The van der Waals surface area contributed by atoms with Gasteiger partial charge in [0.05, 0.1) is 21.0 Å². The SMILES string of the molecule is CCNC(=NCc1ccc(Br)s1)NCCc1nc(C)c(C)s1. The maximum Gasteiger partial charge on any atom is 0.191 e. The monoisotopic (exact) mass is 400 g/mol. The first-order chi connectivity index (χ1) is 10.6. The van der Waals surface area contributed by atoms with Crippen molar-refractivity contribution in [3.8, 4) is 0 Å². The summed E-state index contributed by atoms with van der Waals surface area (Å²) in [5.74, 6) is 0.858. The van der Waals surface area contributed by atoms with Crippen molar-refractivity contribution in [3.63, 3.8) is 0 Å². The Morgan fingerprint density at radius 1 is 1.27 bits per heavy atom. The summed E-state index contributed by atoms with van der Waals surface area (Å²) in [6, 6.07) is 4.16. The van der Waals surface area contributed by atoms with Crippen molar-refractivity contribution >= 4 is 44.6 Å². The summed E-state index contributed by atoms with van der Waals surface area (Å²) >= 11 is 6.97. The highest BCUT2D eigenvalue weighted by molar-refractivity contribution is 9.11. The van der Waals surface area contributed by atoms with Crippen LogP contribution in [0.2, 0.25) is 0 Å². The molecule has 0 unspecified atom stereocenters. The Kier molecular flexibility index (Phi) is 6.85. The molecular weight excluding hydrogens is 380 g/mol. The molecule has 0 spiro atoms. The van der Waals surface area contributed by atoms with E-state index in [1.807, 2.05) is 0 Å². The first-order valence-corrected chi connectivity index (χ1v) is 9.70. The Bertz CT molecular complexity index is 614. The summed E-state index contributed by atoms with van der Waals surface area (Å²) in [6.07, 6.45) is 0.925. The molecule has 4 nitrogen and oxygen atoms in total. The lowest BCUT2D eigenvalue weighted by Crippen LogP contribution is -2.38. The van der Waals surface area contributed by atoms with E-state index in [0.717, 1.165) is 35.0 Å². The highest BCUT2D eigenvalue weighted by Gasteiger charge is 2.04. The number of hydrogen-bond acceptors (Lipinski definition) is 4. The third-order valence-corrected chi connectivity index (χ3v) is 5.81. The Balaban J connectivity index is 1.85. The molecule has 2 heterocycles. The summed E-state index contributed by atoms with van der Waals surface area (Å²) < 4.78 is 1.14. The lowest BCUT2D eigenvalue weighted by atomic mass is 10.4. The maximum atomic E-state index is 4.62. The van der Waals surface area contributed by atoms with E-state index in [-0.39, 0.29) is 0 Å². The van der Waals surface area contributed by atoms with Crippen LogP contribution in [0, 0.1) is 13.8 Å². The number of hydrogen-bond donors (Lipinski definition) is 2. The van der Waals surface area contributed by atoms with Crippen LogP contribution in [0.1, 0.15) is 27.4 Å². The van der Waals surface area contributed by atoms with Crippen molar-refractivity contribution < 1.29 is 0 Å². The van der Waals surface area contributed by atoms with Gasteiger partial charge in [-0.15, -0.1) is 22.7 Å². The third kappa shape index (κ3) is 5.37. The Morgan fingerprint density at radius 2 is 2.09 bits per heavy atom.